The number of nitrogens with one attached hydrogen (secondary N) is 1. The van der Waals surface area contributed by atoms with Gasteiger partial charge >= 0.3 is 0 Å². The molecule has 1 N–H and O–H groups in total. The van der Waals surface area contributed by atoms with E-state index in [1.807, 2.05) is 19.2 Å². The number of rotatable bonds is 5. The molecule has 1 aromatic rings. The number of sulfonamides is 1. The lowest BCUT2D eigenvalue weighted by atomic mass is 10.4. The van der Waals surface area contributed by atoms with Crippen LogP contribution in [-0.4, -0.2) is 31.5 Å². The summed E-state index contributed by atoms with van der Waals surface area (Å²) in [5.74, 6) is 0. The fourth-order valence-corrected chi connectivity index (χ4v) is 2.43. The zero-order valence-electron chi connectivity index (χ0n) is 9.54. The summed E-state index contributed by atoms with van der Waals surface area (Å²) < 4.78 is 26.1. The van der Waals surface area contributed by atoms with Crippen molar-refractivity contribution in [2.75, 3.05) is 12.8 Å². The predicted octanol–water partition coefficient (Wildman–Crippen LogP) is 0.983. The lowest BCUT2D eigenvalue weighted by molar-refractivity contribution is 0.581. The smallest absolute Gasteiger partial charge is 0.242 e. The van der Waals surface area contributed by atoms with Crippen LogP contribution in [0.15, 0.2) is 23.2 Å². The fraction of sp³-hybridized carbons (Fsp3) is 0.400. The van der Waals surface area contributed by atoms with Gasteiger partial charge in [-0.25, -0.2) is 18.1 Å². The van der Waals surface area contributed by atoms with Gasteiger partial charge in [-0.15, -0.1) is 0 Å². The fourth-order valence-electron chi connectivity index (χ4n) is 0.999. The Hall–Kier alpha value is -1.10. The molecule has 0 amide bonds. The maximum atomic E-state index is 11.8. The van der Waals surface area contributed by atoms with Crippen molar-refractivity contribution in [3.63, 3.8) is 0 Å². The van der Waals surface area contributed by atoms with E-state index in [0.717, 1.165) is 0 Å². The van der Waals surface area contributed by atoms with Gasteiger partial charge < -0.3 is 0 Å². The molecule has 0 aliphatic carbocycles. The van der Waals surface area contributed by atoms with E-state index in [1.54, 1.807) is 11.8 Å². The Kier molecular flexibility index (Phi) is 4.93. The zero-order valence-corrected chi connectivity index (χ0v) is 11.2. The Morgan fingerprint density at radius 1 is 1.59 bits per heavy atom. The molecular weight excluding hydrogens is 258 g/mol. The highest BCUT2D eigenvalue weighted by Crippen LogP contribution is 2.09. The molecule has 0 spiro atoms. The lowest BCUT2D eigenvalue weighted by Gasteiger charge is -2.10. The van der Waals surface area contributed by atoms with Gasteiger partial charge in [0.25, 0.3) is 0 Å². The highest BCUT2D eigenvalue weighted by Gasteiger charge is 2.15. The molecule has 0 aliphatic rings. The standard InChI is InChI=1S/C10H13N3O2S2/c1-8(16-2)6-13-17(14,15)10-4-3-9(5-11)12-7-10/h3-4,7-8,13H,6H2,1-2H3. The highest BCUT2D eigenvalue weighted by atomic mass is 32.2. The van der Waals surface area contributed by atoms with Crippen LogP contribution < -0.4 is 4.72 Å². The van der Waals surface area contributed by atoms with Crippen LogP contribution in [-0.2, 0) is 10.0 Å². The minimum atomic E-state index is -3.53. The van der Waals surface area contributed by atoms with Crippen molar-refractivity contribution < 1.29 is 8.42 Å². The molecule has 1 aromatic heterocycles. The Labute approximate surface area is 105 Å². The zero-order chi connectivity index (χ0) is 12.9. The van der Waals surface area contributed by atoms with E-state index in [4.69, 9.17) is 5.26 Å². The summed E-state index contributed by atoms with van der Waals surface area (Å²) in [6.07, 6.45) is 3.10. The topological polar surface area (TPSA) is 82.9 Å². The normalized spacial score (nSPS) is 13.0. The number of pyridine rings is 1. The van der Waals surface area contributed by atoms with E-state index >= 15 is 0 Å². The summed E-state index contributed by atoms with van der Waals surface area (Å²) in [7, 11) is -3.53. The van der Waals surface area contributed by atoms with Gasteiger partial charge in [-0.1, -0.05) is 6.92 Å². The summed E-state index contributed by atoms with van der Waals surface area (Å²) in [6, 6.07) is 4.59. The number of nitrogens with zero attached hydrogens (tertiary/aromatic N) is 2. The number of hydrogen-bond donors (Lipinski definition) is 1. The molecule has 0 fully saturated rings. The third-order valence-corrected chi connectivity index (χ3v) is 4.50. The number of hydrogen-bond acceptors (Lipinski definition) is 5. The molecule has 1 atom stereocenters. The van der Waals surface area contributed by atoms with Crippen molar-refractivity contribution in [3.8, 4) is 6.07 Å². The Morgan fingerprint density at radius 2 is 2.29 bits per heavy atom. The molecule has 1 rings (SSSR count). The molecule has 1 unspecified atom stereocenters. The van der Waals surface area contributed by atoms with Crippen LogP contribution in [0.5, 0.6) is 0 Å². The van der Waals surface area contributed by atoms with Crippen molar-refractivity contribution in [2.24, 2.45) is 0 Å². The molecule has 0 bridgehead atoms. The van der Waals surface area contributed by atoms with Crippen LogP contribution in [0.25, 0.3) is 0 Å². The van der Waals surface area contributed by atoms with E-state index in [2.05, 4.69) is 9.71 Å². The first kappa shape index (κ1) is 14.0. The second-order valence-electron chi connectivity index (χ2n) is 3.39. The first-order chi connectivity index (χ1) is 7.99. The van der Waals surface area contributed by atoms with Gasteiger partial charge in [-0.3, -0.25) is 0 Å². The maximum Gasteiger partial charge on any atom is 0.242 e. The molecule has 0 aliphatic heterocycles. The van der Waals surface area contributed by atoms with E-state index in [9.17, 15) is 8.42 Å². The van der Waals surface area contributed by atoms with E-state index in [-0.39, 0.29) is 15.8 Å². The van der Waals surface area contributed by atoms with Crippen LogP contribution in [0.3, 0.4) is 0 Å². The summed E-state index contributed by atoms with van der Waals surface area (Å²) in [6.45, 7) is 2.30. The molecule has 0 radical (unpaired) electrons. The van der Waals surface area contributed by atoms with Gasteiger partial charge in [0.2, 0.25) is 10.0 Å². The Morgan fingerprint density at radius 3 is 2.76 bits per heavy atom. The molecule has 92 valence electrons. The monoisotopic (exact) mass is 271 g/mol. The molecule has 0 saturated heterocycles. The van der Waals surface area contributed by atoms with E-state index in [1.165, 1.54) is 18.3 Å². The molecule has 17 heavy (non-hydrogen) atoms. The minimum absolute atomic E-state index is 0.0739. The molecule has 0 saturated carbocycles. The first-order valence-corrected chi connectivity index (χ1v) is 7.65. The highest BCUT2D eigenvalue weighted by molar-refractivity contribution is 7.99. The third kappa shape index (κ3) is 4.00. The van der Waals surface area contributed by atoms with Crippen molar-refractivity contribution in [3.05, 3.63) is 24.0 Å². The van der Waals surface area contributed by atoms with Crippen molar-refractivity contribution >= 4 is 21.8 Å². The van der Waals surface area contributed by atoms with E-state index in [0.29, 0.717) is 6.54 Å². The summed E-state index contributed by atoms with van der Waals surface area (Å²) in [5, 5.41) is 8.76. The number of thioether (sulfide) groups is 1. The lowest BCUT2D eigenvalue weighted by Crippen LogP contribution is -2.29. The average Bonchev–Trinajstić information content (AvgIpc) is 2.36. The summed E-state index contributed by atoms with van der Waals surface area (Å²) in [5.41, 5.74) is 0.196. The van der Waals surface area contributed by atoms with Crippen LogP contribution in [0, 0.1) is 11.3 Å². The Bertz CT molecular complexity index is 505. The van der Waals surface area contributed by atoms with Crippen molar-refractivity contribution in [1.29, 1.82) is 5.26 Å². The SMILES string of the molecule is CSC(C)CNS(=O)(=O)c1ccc(C#N)nc1. The number of nitriles is 1. The van der Waals surface area contributed by atoms with Crippen LogP contribution >= 0.6 is 11.8 Å². The quantitative estimate of drug-likeness (QED) is 0.863. The molecular formula is C10H13N3O2S2. The van der Waals surface area contributed by atoms with Crippen LogP contribution in [0.2, 0.25) is 0 Å². The van der Waals surface area contributed by atoms with Gasteiger partial charge in [0.05, 0.1) is 0 Å². The van der Waals surface area contributed by atoms with Gasteiger partial charge in [-0.2, -0.15) is 17.0 Å². The first-order valence-electron chi connectivity index (χ1n) is 4.88. The second-order valence-corrected chi connectivity index (χ2v) is 6.43. The summed E-state index contributed by atoms with van der Waals surface area (Å²) in [4.78, 5) is 3.80. The molecule has 1 heterocycles. The number of aromatic nitrogens is 1. The molecule has 5 nitrogen and oxygen atoms in total. The van der Waals surface area contributed by atoms with Crippen molar-refractivity contribution in [1.82, 2.24) is 9.71 Å². The molecule has 7 heteroatoms. The molecule has 0 aromatic carbocycles. The van der Waals surface area contributed by atoms with E-state index < -0.39 is 10.0 Å². The van der Waals surface area contributed by atoms with Gasteiger partial charge in [0.1, 0.15) is 16.7 Å². The van der Waals surface area contributed by atoms with Gasteiger partial charge in [0.15, 0.2) is 0 Å². The summed E-state index contributed by atoms with van der Waals surface area (Å²) >= 11 is 1.58. The predicted molar refractivity (Wildman–Crippen MR) is 67.1 cm³/mol. The minimum Gasteiger partial charge on any atom is -0.244 e. The van der Waals surface area contributed by atoms with Gasteiger partial charge in [-0.05, 0) is 18.4 Å². The van der Waals surface area contributed by atoms with Gasteiger partial charge in [0, 0.05) is 18.0 Å². The van der Waals surface area contributed by atoms with Crippen LogP contribution in [0.1, 0.15) is 12.6 Å². The third-order valence-electron chi connectivity index (χ3n) is 2.12. The second kappa shape index (κ2) is 6.00. The van der Waals surface area contributed by atoms with Crippen molar-refractivity contribution in [2.45, 2.75) is 17.1 Å². The maximum absolute atomic E-state index is 11.8. The average molecular weight is 271 g/mol. The van der Waals surface area contributed by atoms with Crippen LogP contribution in [0.4, 0.5) is 0 Å². The Balaban J connectivity index is 2.79. The largest absolute Gasteiger partial charge is 0.244 e.